The fourth-order valence-corrected chi connectivity index (χ4v) is 2.11. The fourth-order valence-electron chi connectivity index (χ4n) is 2.11. The summed E-state index contributed by atoms with van der Waals surface area (Å²) in [5, 5.41) is 38.8. The van der Waals surface area contributed by atoms with Gasteiger partial charge in [-0.05, 0) is 19.1 Å². The number of ether oxygens (including phenoxy) is 3. The molecule has 1 heterocycles. The Labute approximate surface area is 122 Å². The van der Waals surface area contributed by atoms with Crippen molar-refractivity contribution in [1.29, 1.82) is 0 Å². The Balaban J connectivity index is 1.97. The van der Waals surface area contributed by atoms with E-state index < -0.39 is 30.7 Å². The second-order valence-corrected chi connectivity index (χ2v) is 4.78. The molecule has 1 saturated heterocycles. The highest BCUT2D eigenvalue weighted by molar-refractivity contribution is 5.31. The zero-order valence-electron chi connectivity index (χ0n) is 11.6. The monoisotopic (exact) mass is 300 g/mol. The van der Waals surface area contributed by atoms with Gasteiger partial charge in [-0.2, -0.15) is 0 Å². The summed E-state index contributed by atoms with van der Waals surface area (Å²) in [5.74, 6) is 0.458. The van der Waals surface area contributed by atoms with Crippen LogP contribution in [0.2, 0.25) is 0 Å². The predicted octanol–water partition coefficient (Wildman–Crippen LogP) is -0.385. The first kappa shape index (κ1) is 16.0. The van der Waals surface area contributed by atoms with Crippen molar-refractivity contribution in [3.05, 3.63) is 24.3 Å². The molecule has 2 rings (SSSR count). The number of hydrogen-bond donors (Lipinski definition) is 4. The molecule has 7 nitrogen and oxygen atoms in total. The van der Waals surface area contributed by atoms with Crippen LogP contribution in [0.1, 0.15) is 6.92 Å². The van der Waals surface area contributed by atoms with Gasteiger partial charge in [0.25, 0.3) is 0 Å². The van der Waals surface area contributed by atoms with E-state index in [-0.39, 0.29) is 12.4 Å². The van der Waals surface area contributed by atoms with Gasteiger partial charge in [0, 0.05) is 12.7 Å². The highest BCUT2D eigenvalue weighted by atomic mass is 16.7. The van der Waals surface area contributed by atoms with Gasteiger partial charge in [-0.25, -0.2) is 0 Å². The third-order valence-corrected chi connectivity index (χ3v) is 3.23. The van der Waals surface area contributed by atoms with E-state index in [1.807, 2.05) is 0 Å². The third-order valence-electron chi connectivity index (χ3n) is 3.23. The molecule has 21 heavy (non-hydrogen) atoms. The van der Waals surface area contributed by atoms with Crippen LogP contribution < -0.4 is 4.74 Å². The van der Waals surface area contributed by atoms with Gasteiger partial charge < -0.3 is 34.6 Å². The van der Waals surface area contributed by atoms with Gasteiger partial charge >= 0.3 is 0 Å². The van der Waals surface area contributed by atoms with Crippen molar-refractivity contribution < 1.29 is 34.6 Å². The maximum atomic E-state index is 9.91. The molecule has 7 heteroatoms. The lowest BCUT2D eigenvalue weighted by molar-refractivity contribution is -0.298. The maximum absolute atomic E-state index is 9.91. The van der Waals surface area contributed by atoms with E-state index in [4.69, 9.17) is 14.2 Å². The number of aliphatic hydroxyl groups is 3. The topological polar surface area (TPSA) is 109 Å². The van der Waals surface area contributed by atoms with E-state index in [2.05, 4.69) is 0 Å². The van der Waals surface area contributed by atoms with E-state index in [1.54, 1.807) is 19.1 Å². The SMILES string of the molecule is CCO[C@@H]1O[C@H](COc2cccc(O)c2)[C@@H](O)[C@H](O)[C@H]1O. The molecule has 0 amide bonds. The summed E-state index contributed by atoms with van der Waals surface area (Å²) in [6.45, 7) is 1.97. The third kappa shape index (κ3) is 3.84. The van der Waals surface area contributed by atoms with E-state index in [0.717, 1.165) is 0 Å². The molecule has 1 aromatic carbocycles. The summed E-state index contributed by atoms with van der Waals surface area (Å²) >= 11 is 0. The number of aromatic hydroxyl groups is 1. The van der Waals surface area contributed by atoms with Crippen LogP contribution in [0.3, 0.4) is 0 Å². The van der Waals surface area contributed by atoms with E-state index in [0.29, 0.717) is 12.4 Å². The Morgan fingerprint density at radius 1 is 1.14 bits per heavy atom. The molecular formula is C14H20O7. The van der Waals surface area contributed by atoms with E-state index >= 15 is 0 Å². The summed E-state index contributed by atoms with van der Waals surface area (Å²) in [5.41, 5.74) is 0. The largest absolute Gasteiger partial charge is 0.508 e. The lowest BCUT2D eigenvalue weighted by atomic mass is 9.99. The highest BCUT2D eigenvalue weighted by Gasteiger charge is 2.44. The molecule has 1 aliphatic heterocycles. The van der Waals surface area contributed by atoms with Gasteiger partial charge in [0.05, 0.1) is 0 Å². The van der Waals surface area contributed by atoms with Crippen molar-refractivity contribution in [3.63, 3.8) is 0 Å². The Bertz CT molecular complexity index is 453. The predicted molar refractivity (Wildman–Crippen MR) is 71.9 cm³/mol. The van der Waals surface area contributed by atoms with Gasteiger partial charge in [0.2, 0.25) is 0 Å². The minimum absolute atomic E-state index is 0.0558. The van der Waals surface area contributed by atoms with E-state index in [1.165, 1.54) is 12.1 Å². The van der Waals surface area contributed by atoms with Gasteiger partial charge in [0.1, 0.15) is 42.5 Å². The molecule has 0 aromatic heterocycles. The Kier molecular flexibility index (Phi) is 5.38. The number of aliphatic hydroxyl groups excluding tert-OH is 3. The molecule has 1 aliphatic rings. The first-order chi connectivity index (χ1) is 10.0. The molecule has 0 bridgehead atoms. The van der Waals surface area contributed by atoms with Crippen LogP contribution in [-0.2, 0) is 9.47 Å². The number of benzene rings is 1. The normalized spacial score (nSPS) is 32.9. The average molecular weight is 300 g/mol. The number of phenolic OH excluding ortho intramolecular Hbond substituents is 1. The van der Waals surface area contributed by atoms with Crippen molar-refractivity contribution in [3.8, 4) is 11.5 Å². The second kappa shape index (κ2) is 7.06. The van der Waals surface area contributed by atoms with Crippen molar-refractivity contribution in [2.45, 2.75) is 37.6 Å². The minimum Gasteiger partial charge on any atom is -0.508 e. The molecule has 0 radical (unpaired) electrons. The quantitative estimate of drug-likeness (QED) is 0.586. The maximum Gasteiger partial charge on any atom is 0.186 e. The van der Waals surface area contributed by atoms with Crippen LogP contribution in [0, 0.1) is 0 Å². The molecule has 118 valence electrons. The van der Waals surface area contributed by atoms with Crippen LogP contribution in [-0.4, -0.2) is 64.3 Å². The van der Waals surface area contributed by atoms with E-state index in [9.17, 15) is 20.4 Å². The van der Waals surface area contributed by atoms with Crippen LogP contribution in [0.5, 0.6) is 11.5 Å². The van der Waals surface area contributed by atoms with Crippen molar-refractivity contribution in [2.75, 3.05) is 13.2 Å². The Morgan fingerprint density at radius 3 is 2.57 bits per heavy atom. The first-order valence-corrected chi connectivity index (χ1v) is 6.76. The zero-order chi connectivity index (χ0) is 15.4. The number of phenols is 1. The zero-order valence-corrected chi connectivity index (χ0v) is 11.6. The molecule has 1 aromatic rings. The summed E-state index contributed by atoms with van der Waals surface area (Å²) in [7, 11) is 0. The van der Waals surface area contributed by atoms with Crippen LogP contribution in [0.4, 0.5) is 0 Å². The van der Waals surface area contributed by atoms with Crippen LogP contribution >= 0.6 is 0 Å². The lowest BCUT2D eigenvalue weighted by Gasteiger charge is -2.39. The summed E-state index contributed by atoms with van der Waals surface area (Å²) in [4.78, 5) is 0. The Morgan fingerprint density at radius 2 is 1.90 bits per heavy atom. The Hall–Kier alpha value is -1.38. The molecule has 0 saturated carbocycles. The smallest absolute Gasteiger partial charge is 0.186 e. The highest BCUT2D eigenvalue weighted by Crippen LogP contribution is 2.24. The standard InChI is InChI=1S/C14H20O7/c1-2-19-14-13(18)12(17)11(16)10(21-14)7-20-9-5-3-4-8(15)6-9/h3-6,10-18H,2,7H2,1H3/t10-,11-,12+,13-,14-/m1/s1. The number of rotatable bonds is 5. The summed E-state index contributed by atoms with van der Waals surface area (Å²) < 4.78 is 16.0. The fraction of sp³-hybridized carbons (Fsp3) is 0.571. The average Bonchev–Trinajstić information content (AvgIpc) is 2.47. The number of hydrogen-bond acceptors (Lipinski definition) is 7. The summed E-state index contributed by atoms with van der Waals surface area (Å²) in [6.07, 6.45) is -5.88. The van der Waals surface area contributed by atoms with Crippen molar-refractivity contribution >= 4 is 0 Å². The molecule has 0 spiro atoms. The molecule has 5 atom stereocenters. The van der Waals surface area contributed by atoms with Crippen molar-refractivity contribution in [1.82, 2.24) is 0 Å². The van der Waals surface area contributed by atoms with Gasteiger partial charge in [-0.1, -0.05) is 6.07 Å². The van der Waals surface area contributed by atoms with Gasteiger partial charge in [-0.3, -0.25) is 0 Å². The van der Waals surface area contributed by atoms with Gasteiger partial charge in [0.15, 0.2) is 6.29 Å². The van der Waals surface area contributed by atoms with Crippen LogP contribution in [0.25, 0.3) is 0 Å². The summed E-state index contributed by atoms with van der Waals surface area (Å²) in [6, 6.07) is 6.18. The van der Waals surface area contributed by atoms with Gasteiger partial charge in [-0.15, -0.1) is 0 Å². The minimum atomic E-state index is -1.38. The van der Waals surface area contributed by atoms with Crippen LogP contribution in [0.15, 0.2) is 24.3 Å². The lowest BCUT2D eigenvalue weighted by Crippen LogP contribution is -2.59. The van der Waals surface area contributed by atoms with Crippen molar-refractivity contribution in [2.24, 2.45) is 0 Å². The first-order valence-electron chi connectivity index (χ1n) is 6.76. The molecule has 0 unspecified atom stereocenters. The molecule has 1 fully saturated rings. The molecule has 0 aliphatic carbocycles. The molecular weight excluding hydrogens is 280 g/mol. The molecule has 4 N–H and O–H groups in total. The second-order valence-electron chi connectivity index (χ2n) is 4.78.